The van der Waals surface area contributed by atoms with Gasteiger partial charge in [0, 0.05) is 19.0 Å². The molecule has 0 fully saturated rings. The fourth-order valence-corrected chi connectivity index (χ4v) is 5.01. The minimum atomic E-state index is -1.07. The van der Waals surface area contributed by atoms with Crippen molar-refractivity contribution in [1.82, 2.24) is 5.32 Å². The van der Waals surface area contributed by atoms with Crippen LogP contribution >= 0.6 is 0 Å². The Hall–Kier alpha value is -2.97. The van der Waals surface area contributed by atoms with E-state index in [1.54, 1.807) is 6.07 Å². The molecule has 0 bridgehead atoms. The van der Waals surface area contributed by atoms with E-state index in [4.69, 9.17) is 23.7 Å². The summed E-state index contributed by atoms with van der Waals surface area (Å²) in [5, 5.41) is 15.0. The summed E-state index contributed by atoms with van der Waals surface area (Å²) in [7, 11) is 0. The van der Waals surface area contributed by atoms with Crippen LogP contribution in [0.4, 0.5) is 0 Å². The number of aliphatic hydroxyl groups excluding tert-OH is 1. The maximum Gasteiger partial charge on any atom is 0.303 e. The lowest BCUT2D eigenvalue weighted by molar-refractivity contribution is -0.154. The van der Waals surface area contributed by atoms with E-state index in [2.05, 4.69) is 5.32 Å². The van der Waals surface area contributed by atoms with E-state index >= 15 is 0 Å². The number of fused-ring (bicyclic) bond motifs is 6. The monoisotopic (exact) mass is 397 g/mol. The van der Waals surface area contributed by atoms with Crippen molar-refractivity contribution in [3.63, 3.8) is 0 Å². The first-order valence-corrected chi connectivity index (χ1v) is 9.55. The van der Waals surface area contributed by atoms with Gasteiger partial charge in [0.1, 0.15) is 11.6 Å². The molecule has 4 aliphatic rings. The summed E-state index contributed by atoms with van der Waals surface area (Å²) in [6.45, 7) is 2.22. The normalized spacial score (nSPS) is 27.7. The van der Waals surface area contributed by atoms with E-state index in [0.717, 1.165) is 17.5 Å². The zero-order valence-corrected chi connectivity index (χ0v) is 15.7. The summed E-state index contributed by atoms with van der Waals surface area (Å²) in [4.78, 5) is 12.1. The molecule has 2 aromatic carbocycles. The molecular formula is C21H19NO7. The second-order valence-corrected chi connectivity index (χ2v) is 7.60. The van der Waals surface area contributed by atoms with Gasteiger partial charge in [0.05, 0.1) is 0 Å². The lowest BCUT2D eigenvalue weighted by atomic mass is 9.76. The van der Waals surface area contributed by atoms with Gasteiger partial charge < -0.3 is 34.1 Å². The number of esters is 1. The molecule has 150 valence electrons. The van der Waals surface area contributed by atoms with Crippen LogP contribution in [0.25, 0.3) is 0 Å². The zero-order valence-electron chi connectivity index (χ0n) is 15.7. The van der Waals surface area contributed by atoms with Gasteiger partial charge in [-0.3, -0.25) is 4.79 Å². The van der Waals surface area contributed by atoms with Gasteiger partial charge in [-0.2, -0.15) is 0 Å². The number of hydrogen-bond acceptors (Lipinski definition) is 8. The highest BCUT2D eigenvalue weighted by Crippen LogP contribution is 2.61. The van der Waals surface area contributed by atoms with Crippen molar-refractivity contribution in [2.24, 2.45) is 0 Å². The molecule has 1 aliphatic carbocycles. The van der Waals surface area contributed by atoms with E-state index < -0.39 is 23.7 Å². The second-order valence-electron chi connectivity index (χ2n) is 7.60. The summed E-state index contributed by atoms with van der Waals surface area (Å²) in [5.74, 6) is 1.95. The van der Waals surface area contributed by atoms with E-state index in [1.807, 2.05) is 18.2 Å². The van der Waals surface area contributed by atoms with Gasteiger partial charge in [-0.25, -0.2) is 0 Å². The van der Waals surface area contributed by atoms with E-state index in [9.17, 15) is 9.90 Å². The SMILES string of the molecule is CC(=O)O[C@H]1c2c(ccc3c2OCO3)[C@@H](O)[C@]12NCCc1cc3c(cc12)OCO3. The average Bonchev–Trinajstić information content (AvgIpc) is 3.41. The molecule has 0 radical (unpaired) electrons. The van der Waals surface area contributed by atoms with Crippen molar-refractivity contribution in [2.75, 3.05) is 20.1 Å². The van der Waals surface area contributed by atoms with Gasteiger partial charge in [-0.15, -0.1) is 0 Å². The third kappa shape index (κ3) is 2.13. The van der Waals surface area contributed by atoms with Gasteiger partial charge in [0.25, 0.3) is 0 Å². The molecule has 0 unspecified atom stereocenters. The first-order valence-electron chi connectivity index (χ1n) is 9.55. The molecule has 0 aromatic heterocycles. The van der Waals surface area contributed by atoms with Crippen molar-refractivity contribution in [1.29, 1.82) is 0 Å². The van der Waals surface area contributed by atoms with Gasteiger partial charge in [0.15, 0.2) is 29.1 Å². The summed E-state index contributed by atoms with van der Waals surface area (Å²) in [6, 6.07) is 7.41. The lowest BCUT2D eigenvalue weighted by Crippen LogP contribution is -2.53. The molecular weight excluding hydrogens is 378 g/mol. The number of aliphatic hydroxyl groups is 1. The van der Waals surface area contributed by atoms with Crippen LogP contribution in [0.2, 0.25) is 0 Å². The van der Waals surface area contributed by atoms with Crippen LogP contribution in [-0.2, 0) is 21.5 Å². The quantitative estimate of drug-likeness (QED) is 0.704. The topological polar surface area (TPSA) is 95.5 Å². The molecule has 0 saturated heterocycles. The molecule has 1 spiro atoms. The van der Waals surface area contributed by atoms with E-state index in [0.29, 0.717) is 40.7 Å². The fraction of sp³-hybridized carbons (Fsp3) is 0.381. The van der Waals surface area contributed by atoms with Gasteiger partial charge >= 0.3 is 5.97 Å². The summed E-state index contributed by atoms with van der Waals surface area (Å²) in [6.07, 6.45) is -1.00. The Morgan fingerprint density at radius 3 is 2.72 bits per heavy atom. The third-order valence-electron chi connectivity index (χ3n) is 6.15. The zero-order chi connectivity index (χ0) is 19.8. The van der Waals surface area contributed by atoms with E-state index in [-0.39, 0.29) is 13.6 Å². The van der Waals surface area contributed by atoms with Crippen molar-refractivity contribution >= 4 is 5.97 Å². The number of rotatable bonds is 1. The van der Waals surface area contributed by atoms with Crippen molar-refractivity contribution < 1.29 is 33.6 Å². The predicted molar refractivity (Wildman–Crippen MR) is 98.0 cm³/mol. The molecule has 3 heterocycles. The summed E-state index contributed by atoms with van der Waals surface area (Å²) < 4.78 is 28.2. The Labute approximate surface area is 166 Å². The standard InChI is InChI=1S/C21H19NO7/c1-10(23)29-20-17-12(2-3-14-18(17)28-9-25-14)19(24)21(20)13-7-16-15(26-8-27-16)6-11(13)4-5-22-21/h2-3,6-7,19-20,22,24H,4-5,8-9H2,1H3/t19-,20+,21+/m1/s1. The fourth-order valence-electron chi connectivity index (χ4n) is 5.01. The number of hydrogen-bond donors (Lipinski definition) is 2. The molecule has 0 amide bonds. The molecule has 6 rings (SSSR count). The van der Waals surface area contributed by atoms with Crippen LogP contribution in [0.5, 0.6) is 23.0 Å². The first-order chi connectivity index (χ1) is 14.1. The Morgan fingerprint density at radius 2 is 1.90 bits per heavy atom. The van der Waals surface area contributed by atoms with Gasteiger partial charge in [-0.05, 0) is 41.3 Å². The lowest BCUT2D eigenvalue weighted by Gasteiger charge is -2.43. The van der Waals surface area contributed by atoms with Crippen LogP contribution in [-0.4, -0.2) is 31.2 Å². The Kier molecular flexibility index (Phi) is 3.37. The first kappa shape index (κ1) is 16.9. The van der Waals surface area contributed by atoms with E-state index in [1.165, 1.54) is 6.92 Å². The summed E-state index contributed by atoms with van der Waals surface area (Å²) in [5.41, 5.74) is 2.07. The predicted octanol–water partition coefficient (Wildman–Crippen LogP) is 1.84. The van der Waals surface area contributed by atoms with Crippen LogP contribution in [0, 0.1) is 0 Å². The number of carbonyl (C=O) groups is 1. The molecule has 3 atom stereocenters. The molecule has 8 nitrogen and oxygen atoms in total. The van der Waals surface area contributed by atoms with Gasteiger partial charge in [-0.1, -0.05) is 6.07 Å². The minimum Gasteiger partial charge on any atom is -0.455 e. The van der Waals surface area contributed by atoms with Crippen LogP contribution in [0.3, 0.4) is 0 Å². The Morgan fingerprint density at radius 1 is 1.14 bits per heavy atom. The average molecular weight is 397 g/mol. The van der Waals surface area contributed by atoms with Crippen LogP contribution in [0.1, 0.15) is 41.4 Å². The van der Waals surface area contributed by atoms with Crippen molar-refractivity contribution in [2.45, 2.75) is 31.1 Å². The maximum absolute atomic E-state index is 12.1. The number of nitrogens with one attached hydrogen (secondary N) is 1. The largest absolute Gasteiger partial charge is 0.455 e. The Balaban J connectivity index is 1.61. The van der Waals surface area contributed by atoms with Crippen LogP contribution < -0.4 is 24.3 Å². The molecule has 3 aliphatic heterocycles. The highest BCUT2D eigenvalue weighted by atomic mass is 16.7. The highest BCUT2D eigenvalue weighted by molar-refractivity contribution is 5.69. The number of carbonyl (C=O) groups excluding carboxylic acids is 1. The Bertz CT molecular complexity index is 1050. The second kappa shape index (κ2) is 5.77. The van der Waals surface area contributed by atoms with Crippen molar-refractivity contribution in [3.05, 3.63) is 46.5 Å². The number of benzene rings is 2. The van der Waals surface area contributed by atoms with Crippen LogP contribution in [0.15, 0.2) is 24.3 Å². The highest BCUT2D eigenvalue weighted by Gasteiger charge is 2.60. The third-order valence-corrected chi connectivity index (χ3v) is 6.15. The molecule has 2 aromatic rings. The summed E-state index contributed by atoms with van der Waals surface area (Å²) >= 11 is 0. The molecule has 8 heteroatoms. The number of ether oxygens (including phenoxy) is 5. The maximum atomic E-state index is 12.1. The molecule has 2 N–H and O–H groups in total. The smallest absolute Gasteiger partial charge is 0.303 e. The molecule has 0 saturated carbocycles. The van der Waals surface area contributed by atoms with Crippen molar-refractivity contribution in [3.8, 4) is 23.0 Å². The van der Waals surface area contributed by atoms with Gasteiger partial charge in [0.2, 0.25) is 13.6 Å². The molecule has 29 heavy (non-hydrogen) atoms. The minimum absolute atomic E-state index is 0.0877.